The van der Waals surface area contributed by atoms with E-state index in [1.165, 1.54) is 24.5 Å². The van der Waals surface area contributed by atoms with Crippen molar-refractivity contribution in [1.82, 2.24) is 14.8 Å². The first-order valence-corrected chi connectivity index (χ1v) is 11.8. The van der Waals surface area contributed by atoms with Gasteiger partial charge in [0.15, 0.2) is 0 Å². The standard InChI is InChI=1S/C25H25ClN4O3S/c1-14-21(23-28-20(13-34-23)25(2,3)4)22(30(29-14)19-9-7-6-8-17(19)26)27-18-11-10-15(33-5)12-16(18)24(31)32/h6-13,27H,1-5H3,(H,31,32). The number of halogens is 1. The first kappa shape index (κ1) is 23.8. The van der Waals surface area contributed by atoms with E-state index in [2.05, 4.69) is 26.1 Å². The molecule has 0 saturated heterocycles. The van der Waals surface area contributed by atoms with Crippen molar-refractivity contribution in [1.29, 1.82) is 0 Å². The Bertz CT molecular complexity index is 1370. The monoisotopic (exact) mass is 496 g/mol. The number of carboxylic acids is 1. The summed E-state index contributed by atoms with van der Waals surface area (Å²) in [6.45, 7) is 8.24. The maximum atomic E-state index is 12.0. The van der Waals surface area contributed by atoms with Crippen LogP contribution in [0, 0.1) is 6.92 Å². The Morgan fingerprint density at radius 3 is 2.56 bits per heavy atom. The van der Waals surface area contributed by atoms with Crippen molar-refractivity contribution in [3.05, 3.63) is 69.8 Å². The van der Waals surface area contributed by atoms with Crippen molar-refractivity contribution in [3.8, 4) is 22.0 Å². The van der Waals surface area contributed by atoms with Crippen molar-refractivity contribution in [2.45, 2.75) is 33.1 Å². The number of carbonyl (C=O) groups is 1. The van der Waals surface area contributed by atoms with E-state index < -0.39 is 5.97 Å². The van der Waals surface area contributed by atoms with Crippen molar-refractivity contribution in [2.24, 2.45) is 0 Å². The molecule has 4 aromatic rings. The lowest BCUT2D eigenvalue weighted by Gasteiger charge is -2.15. The van der Waals surface area contributed by atoms with Gasteiger partial charge in [-0.1, -0.05) is 44.5 Å². The highest BCUT2D eigenvalue weighted by atomic mass is 35.5. The van der Waals surface area contributed by atoms with Crippen LogP contribution in [0.15, 0.2) is 47.8 Å². The molecule has 2 heterocycles. The lowest BCUT2D eigenvalue weighted by Crippen LogP contribution is -2.11. The molecule has 0 radical (unpaired) electrons. The van der Waals surface area contributed by atoms with Crippen LogP contribution in [0.2, 0.25) is 5.02 Å². The van der Waals surface area contributed by atoms with Crippen molar-refractivity contribution < 1.29 is 14.6 Å². The number of nitrogens with one attached hydrogen (secondary N) is 1. The van der Waals surface area contributed by atoms with E-state index in [4.69, 9.17) is 26.4 Å². The molecule has 0 aliphatic heterocycles. The molecule has 9 heteroatoms. The molecule has 2 aromatic carbocycles. The first-order valence-electron chi connectivity index (χ1n) is 10.6. The fraction of sp³-hybridized carbons (Fsp3) is 0.240. The second-order valence-corrected chi connectivity index (χ2v) is 10.1. The third-order valence-electron chi connectivity index (χ3n) is 5.34. The molecule has 2 N–H and O–H groups in total. The van der Waals surface area contributed by atoms with Crippen LogP contribution in [-0.2, 0) is 5.41 Å². The molecule has 176 valence electrons. The Kier molecular flexibility index (Phi) is 6.38. The first-order chi connectivity index (χ1) is 16.1. The van der Waals surface area contributed by atoms with Gasteiger partial charge in [-0.3, -0.25) is 0 Å². The minimum Gasteiger partial charge on any atom is -0.497 e. The number of thiazole rings is 1. The lowest BCUT2D eigenvalue weighted by atomic mass is 9.93. The van der Waals surface area contributed by atoms with Gasteiger partial charge < -0.3 is 15.2 Å². The van der Waals surface area contributed by atoms with Gasteiger partial charge >= 0.3 is 5.97 Å². The molecule has 4 rings (SSSR count). The number of carboxylic acid groups (broad SMARTS) is 1. The Balaban J connectivity index is 1.94. The summed E-state index contributed by atoms with van der Waals surface area (Å²) >= 11 is 8.04. The summed E-state index contributed by atoms with van der Waals surface area (Å²) < 4.78 is 6.91. The van der Waals surface area contributed by atoms with Crippen LogP contribution < -0.4 is 10.1 Å². The van der Waals surface area contributed by atoms with E-state index in [0.29, 0.717) is 28.0 Å². The fourth-order valence-electron chi connectivity index (χ4n) is 3.49. The number of anilines is 2. The molecule has 7 nitrogen and oxygen atoms in total. The third-order valence-corrected chi connectivity index (χ3v) is 6.52. The minimum absolute atomic E-state index is 0.0735. The number of rotatable bonds is 6. The molecule has 0 unspecified atom stereocenters. The van der Waals surface area contributed by atoms with Crippen LogP contribution >= 0.6 is 22.9 Å². The Morgan fingerprint density at radius 1 is 1.21 bits per heavy atom. The smallest absolute Gasteiger partial charge is 0.337 e. The highest BCUT2D eigenvalue weighted by Crippen LogP contribution is 2.40. The van der Waals surface area contributed by atoms with E-state index in [-0.39, 0.29) is 11.0 Å². The predicted molar refractivity (Wildman–Crippen MR) is 136 cm³/mol. The van der Waals surface area contributed by atoms with Gasteiger partial charge in [0, 0.05) is 10.8 Å². The molecule has 0 aliphatic rings. The average Bonchev–Trinajstić information content (AvgIpc) is 3.39. The summed E-state index contributed by atoms with van der Waals surface area (Å²) in [6, 6.07) is 12.2. The van der Waals surface area contributed by atoms with Crippen LogP contribution in [0.1, 0.15) is 42.5 Å². The van der Waals surface area contributed by atoms with Crippen molar-refractivity contribution >= 4 is 40.4 Å². The summed E-state index contributed by atoms with van der Waals surface area (Å²) in [5.41, 5.74) is 3.52. The van der Waals surface area contributed by atoms with Gasteiger partial charge in [0.05, 0.1) is 46.0 Å². The summed E-state index contributed by atoms with van der Waals surface area (Å²) in [4.78, 5) is 16.9. The lowest BCUT2D eigenvalue weighted by molar-refractivity contribution is 0.0697. The van der Waals surface area contributed by atoms with Crippen LogP contribution in [0.25, 0.3) is 16.3 Å². The Morgan fingerprint density at radius 2 is 1.94 bits per heavy atom. The zero-order valence-electron chi connectivity index (χ0n) is 19.5. The van der Waals surface area contributed by atoms with Crippen molar-refractivity contribution in [2.75, 3.05) is 12.4 Å². The molecule has 0 atom stereocenters. The second-order valence-electron chi connectivity index (χ2n) is 8.80. The maximum Gasteiger partial charge on any atom is 0.337 e. The largest absolute Gasteiger partial charge is 0.497 e. The summed E-state index contributed by atoms with van der Waals surface area (Å²) in [5.74, 6) is -0.0467. The number of methoxy groups -OCH3 is 1. The van der Waals surface area contributed by atoms with Gasteiger partial charge in [0.1, 0.15) is 16.6 Å². The van der Waals surface area contributed by atoms with Gasteiger partial charge in [-0.15, -0.1) is 11.3 Å². The number of nitrogens with zero attached hydrogens (tertiary/aromatic N) is 3. The van der Waals surface area contributed by atoms with E-state index in [0.717, 1.165) is 22.0 Å². The molecule has 0 saturated carbocycles. The zero-order valence-corrected chi connectivity index (χ0v) is 21.1. The van der Waals surface area contributed by atoms with E-state index in [1.807, 2.05) is 30.5 Å². The summed E-state index contributed by atoms with van der Waals surface area (Å²) in [6.07, 6.45) is 0. The van der Waals surface area contributed by atoms with Crippen LogP contribution in [-0.4, -0.2) is 33.0 Å². The van der Waals surface area contributed by atoms with E-state index in [9.17, 15) is 9.90 Å². The number of aryl methyl sites for hydroxylation is 1. The normalized spacial score (nSPS) is 11.5. The fourth-order valence-corrected chi connectivity index (χ4v) is 4.85. The number of para-hydroxylation sites is 1. The maximum absolute atomic E-state index is 12.0. The number of ether oxygens (including phenoxy) is 1. The number of hydrogen-bond donors (Lipinski definition) is 2. The molecule has 0 bridgehead atoms. The molecule has 2 aromatic heterocycles. The van der Waals surface area contributed by atoms with Gasteiger partial charge in [-0.2, -0.15) is 5.10 Å². The number of benzene rings is 2. The topological polar surface area (TPSA) is 89.3 Å². The highest BCUT2D eigenvalue weighted by molar-refractivity contribution is 7.13. The Hall–Kier alpha value is -3.36. The number of hydrogen-bond acceptors (Lipinski definition) is 6. The average molecular weight is 497 g/mol. The van der Waals surface area contributed by atoms with Gasteiger partial charge in [-0.05, 0) is 37.3 Å². The van der Waals surface area contributed by atoms with Crippen LogP contribution in [0.4, 0.5) is 11.5 Å². The molecule has 0 spiro atoms. The summed E-state index contributed by atoms with van der Waals surface area (Å²) in [5, 5.41) is 21.2. The van der Waals surface area contributed by atoms with E-state index in [1.54, 1.807) is 22.9 Å². The summed E-state index contributed by atoms with van der Waals surface area (Å²) in [7, 11) is 1.50. The molecule has 0 fully saturated rings. The second kappa shape index (κ2) is 9.12. The van der Waals surface area contributed by atoms with Crippen LogP contribution in [0.5, 0.6) is 5.75 Å². The highest BCUT2D eigenvalue weighted by Gasteiger charge is 2.25. The van der Waals surface area contributed by atoms with Crippen molar-refractivity contribution in [3.63, 3.8) is 0 Å². The molecule has 34 heavy (non-hydrogen) atoms. The number of aromatic nitrogens is 3. The number of aromatic carboxylic acids is 1. The van der Waals surface area contributed by atoms with E-state index >= 15 is 0 Å². The third kappa shape index (κ3) is 4.51. The molecule has 0 amide bonds. The van der Waals surface area contributed by atoms with Crippen LogP contribution in [0.3, 0.4) is 0 Å². The zero-order chi connectivity index (χ0) is 24.6. The van der Waals surface area contributed by atoms with Gasteiger partial charge in [0.25, 0.3) is 0 Å². The predicted octanol–water partition coefficient (Wildman–Crippen LogP) is 6.71. The van der Waals surface area contributed by atoms with Gasteiger partial charge in [0.2, 0.25) is 0 Å². The quantitative estimate of drug-likeness (QED) is 0.308. The SMILES string of the molecule is COc1ccc(Nc2c(-c3nc(C(C)(C)C)cs3)c(C)nn2-c2ccccc2Cl)c(C(=O)O)c1. The molecule has 0 aliphatic carbocycles. The molecular formula is C25H25ClN4O3S. The molecular weight excluding hydrogens is 472 g/mol. The van der Waals surface area contributed by atoms with Gasteiger partial charge in [-0.25, -0.2) is 14.5 Å². The Labute approximate surface area is 207 Å². The minimum atomic E-state index is -1.08.